The molecule has 3 aliphatic rings. The maximum atomic E-state index is 14.7. The summed E-state index contributed by atoms with van der Waals surface area (Å²) in [6.45, 7) is 7.47. The number of hydrogen-bond donors (Lipinski definition) is 2. The van der Waals surface area contributed by atoms with Crippen LogP contribution in [-0.4, -0.2) is 37.5 Å². The number of hydrogen-bond acceptors (Lipinski definition) is 4. The maximum absolute atomic E-state index is 14.7. The van der Waals surface area contributed by atoms with E-state index in [1.807, 2.05) is 124 Å². The quantitative estimate of drug-likeness (QED) is 0.123. The van der Waals surface area contributed by atoms with Crippen LogP contribution < -0.4 is 0 Å². The first-order valence-corrected chi connectivity index (χ1v) is 27.6. The summed E-state index contributed by atoms with van der Waals surface area (Å²) in [7, 11) is -2.71. The molecule has 0 atom stereocenters. The monoisotopic (exact) mass is 1090 g/mol. The standard InChI is InChI=1S/C74H50BF2N7/c1-46-43-48(3)79-73(46)72(74-47(2)44-49(4)84(74)75(76)77)59-33-27-53(28-34-59)18-17-52-25-31-58(32-26-52)71-66-41-37-62(82-66)68(55-11-7-5-8-12-55)60-35-39-64(80-60)70(57-29-23-51(24-30-57)16-15-50-19-21-54(45-78)22-20-50)65-40-36-61(81-65)69(56-13-9-6-10-14-56)63-38-42-67(71)83-63/h5-14,19-44,80,83H,1-4H3/b68-60?,68-62?,69-61?,69-63?,70-64?,70-65?,71-66?,71-67?,73-72-. The lowest BCUT2D eigenvalue weighted by molar-refractivity contribution is 0.624. The highest BCUT2D eigenvalue weighted by Crippen LogP contribution is 2.40. The van der Waals surface area contributed by atoms with Crippen LogP contribution in [-0.2, 0) is 0 Å². The molecule has 13 rings (SSSR count). The molecule has 8 bridgehead atoms. The number of fused-ring (bicyclic) bond motifs is 8. The van der Waals surface area contributed by atoms with E-state index in [1.165, 1.54) is 0 Å². The van der Waals surface area contributed by atoms with Gasteiger partial charge < -0.3 is 14.4 Å². The summed E-state index contributed by atoms with van der Waals surface area (Å²) in [6, 6.07) is 64.7. The van der Waals surface area contributed by atoms with Gasteiger partial charge in [0.25, 0.3) is 0 Å². The van der Waals surface area contributed by atoms with E-state index in [-0.39, 0.29) is 0 Å². The number of nitrogens with one attached hydrogen (secondary N) is 2. The Labute approximate surface area is 486 Å². The largest absolute Gasteiger partial charge is 0.677 e. The molecule has 0 radical (unpaired) electrons. The molecule has 4 aromatic heterocycles. The van der Waals surface area contributed by atoms with Crippen molar-refractivity contribution in [2.45, 2.75) is 27.7 Å². The molecule has 10 heteroatoms. The number of aromatic amines is 2. The first-order chi connectivity index (χ1) is 41.0. The van der Waals surface area contributed by atoms with E-state index in [4.69, 9.17) is 15.0 Å². The van der Waals surface area contributed by atoms with Gasteiger partial charge in [-0.15, -0.1) is 0 Å². The predicted octanol–water partition coefficient (Wildman–Crippen LogP) is 17.4. The van der Waals surface area contributed by atoms with Gasteiger partial charge in [-0.05, 0) is 188 Å². The lowest BCUT2D eigenvalue weighted by atomic mass is 9.94. The second-order valence-electron chi connectivity index (χ2n) is 20.9. The second kappa shape index (κ2) is 22.1. The number of aliphatic imine (C=N–C) groups is 1. The van der Waals surface area contributed by atoms with Crippen molar-refractivity contribution in [1.82, 2.24) is 24.4 Å². The van der Waals surface area contributed by atoms with E-state index in [1.54, 1.807) is 25.1 Å². The van der Waals surface area contributed by atoms with Gasteiger partial charge in [-0.2, -0.15) is 5.26 Å². The Bertz CT molecular complexity index is 4780. The molecule has 0 aliphatic carbocycles. The fourth-order valence-corrected chi connectivity index (χ4v) is 11.4. The fraction of sp³-hybridized carbons (Fsp3) is 0.0541. The molecule has 3 aliphatic heterocycles. The number of nitriles is 1. The SMILES string of the molecule is CC1=CC(C)=N/C1=C(/c1ccc(C#Cc2ccc(-c3c4nc(c(-c5ccccc5)c5ccc([nH]5)c(-c5ccc(C#Cc6ccc(C#N)cc6)cc5)c5nc(c(-c6ccccc6)c6ccc3[nH]6)C=C5)C=C4)cc2)cc1)c1c(C)cc(C)n1B(F)F. The normalized spacial score (nSPS) is 12.9. The van der Waals surface area contributed by atoms with Gasteiger partial charge in [0.05, 0.1) is 40.1 Å². The molecular weight excluding hydrogens is 1040 g/mol. The lowest BCUT2D eigenvalue weighted by Crippen LogP contribution is -2.18. The number of rotatable bonds is 7. The zero-order chi connectivity index (χ0) is 57.4. The first-order valence-electron chi connectivity index (χ1n) is 27.6. The Morgan fingerprint density at radius 3 is 1.20 bits per heavy atom. The number of allylic oxidation sites excluding steroid dienone is 2. The Morgan fingerprint density at radius 1 is 0.464 bits per heavy atom. The Balaban J connectivity index is 0.930. The molecule has 0 saturated carbocycles. The van der Waals surface area contributed by atoms with Gasteiger partial charge in [-0.3, -0.25) is 13.6 Å². The second-order valence-corrected chi connectivity index (χ2v) is 20.9. The van der Waals surface area contributed by atoms with Gasteiger partial charge in [0.15, 0.2) is 0 Å². The third-order valence-electron chi connectivity index (χ3n) is 15.3. The first kappa shape index (κ1) is 52.3. The van der Waals surface area contributed by atoms with Crippen LogP contribution in [0.25, 0.3) is 96.5 Å². The highest BCUT2D eigenvalue weighted by Gasteiger charge is 2.29. The zero-order valence-electron chi connectivity index (χ0n) is 46.4. The van der Waals surface area contributed by atoms with Crippen LogP contribution in [0.1, 0.15) is 87.0 Å². The summed E-state index contributed by atoms with van der Waals surface area (Å²) in [6.07, 6.45) is 10.4. The van der Waals surface area contributed by atoms with Crippen molar-refractivity contribution in [3.63, 3.8) is 0 Å². The number of nitrogens with zero attached hydrogens (tertiary/aromatic N) is 5. The van der Waals surface area contributed by atoms with Crippen molar-refractivity contribution >= 4 is 65.1 Å². The number of halogens is 2. The lowest BCUT2D eigenvalue weighted by Gasteiger charge is -2.16. The van der Waals surface area contributed by atoms with Crippen molar-refractivity contribution in [3.05, 3.63) is 279 Å². The Hall–Kier alpha value is -11.1. The molecule has 0 amide bonds. The van der Waals surface area contributed by atoms with Crippen molar-refractivity contribution in [1.29, 1.82) is 5.26 Å². The average Bonchev–Trinajstić information content (AvgIpc) is 3.51. The van der Waals surface area contributed by atoms with Gasteiger partial charge in [0.1, 0.15) is 0 Å². The van der Waals surface area contributed by atoms with Crippen molar-refractivity contribution in [2.24, 2.45) is 4.99 Å². The number of H-pyrrole nitrogens is 2. The van der Waals surface area contributed by atoms with Crippen LogP contribution in [0.3, 0.4) is 0 Å². The van der Waals surface area contributed by atoms with Gasteiger partial charge in [0, 0.05) is 89.2 Å². The molecule has 6 aromatic carbocycles. The molecule has 7 heterocycles. The van der Waals surface area contributed by atoms with Crippen molar-refractivity contribution < 1.29 is 8.63 Å². The van der Waals surface area contributed by atoms with Crippen molar-refractivity contribution in [3.8, 4) is 74.3 Å². The van der Waals surface area contributed by atoms with Crippen LogP contribution in [0, 0.1) is 48.9 Å². The maximum Gasteiger partial charge on any atom is 0.677 e. The smallest absolute Gasteiger partial charge is 0.354 e. The topological polar surface area (TPSA) is 98.4 Å². The summed E-state index contributed by atoms with van der Waals surface area (Å²) in [5, 5.41) is 9.27. The van der Waals surface area contributed by atoms with Crippen LogP contribution in [0.15, 0.2) is 210 Å². The number of aryl methyl sites for hydroxylation is 2. The van der Waals surface area contributed by atoms with Crippen LogP contribution in [0.5, 0.6) is 0 Å². The third-order valence-corrected chi connectivity index (χ3v) is 15.3. The number of benzene rings is 6. The van der Waals surface area contributed by atoms with E-state index < -0.39 is 7.40 Å². The van der Waals surface area contributed by atoms with E-state index in [0.717, 1.165) is 138 Å². The molecule has 0 spiro atoms. The molecule has 0 fully saturated rings. The van der Waals surface area contributed by atoms with E-state index >= 15 is 0 Å². The third kappa shape index (κ3) is 10.1. The molecule has 7 nitrogen and oxygen atoms in total. The molecule has 10 aromatic rings. The highest BCUT2D eigenvalue weighted by molar-refractivity contribution is 6.41. The van der Waals surface area contributed by atoms with Crippen molar-refractivity contribution in [2.75, 3.05) is 0 Å². The average molecular weight is 1090 g/mol. The molecule has 0 unspecified atom stereocenters. The molecule has 0 saturated heterocycles. The summed E-state index contributed by atoms with van der Waals surface area (Å²) >= 11 is 0. The van der Waals surface area contributed by atoms with E-state index in [9.17, 15) is 13.9 Å². The van der Waals surface area contributed by atoms with Crippen LogP contribution >= 0.6 is 0 Å². The summed E-state index contributed by atoms with van der Waals surface area (Å²) in [5.41, 5.74) is 23.9. The van der Waals surface area contributed by atoms with Gasteiger partial charge in [0.2, 0.25) is 0 Å². The van der Waals surface area contributed by atoms with Crippen LogP contribution in [0.4, 0.5) is 8.63 Å². The fourth-order valence-electron chi connectivity index (χ4n) is 11.4. The zero-order valence-corrected chi connectivity index (χ0v) is 46.4. The predicted molar refractivity (Wildman–Crippen MR) is 340 cm³/mol. The summed E-state index contributed by atoms with van der Waals surface area (Å²) < 4.78 is 30.4. The molecule has 2 N–H and O–H groups in total. The number of aromatic nitrogens is 5. The van der Waals surface area contributed by atoms with Crippen LogP contribution in [0.2, 0.25) is 0 Å². The van der Waals surface area contributed by atoms with Gasteiger partial charge in [-0.1, -0.05) is 121 Å². The highest BCUT2D eigenvalue weighted by atomic mass is 19.2. The minimum atomic E-state index is -2.71. The minimum Gasteiger partial charge on any atom is -0.354 e. The molecular formula is C74H50BF2N7. The van der Waals surface area contributed by atoms with E-state index in [2.05, 4.69) is 137 Å². The van der Waals surface area contributed by atoms with E-state index in [0.29, 0.717) is 28.2 Å². The van der Waals surface area contributed by atoms with Gasteiger partial charge >= 0.3 is 7.40 Å². The molecule has 398 valence electrons. The Morgan fingerprint density at radius 2 is 0.833 bits per heavy atom. The summed E-state index contributed by atoms with van der Waals surface area (Å²) in [5.74, 6) is 13.3. The Kier molecular flexibility index (Phi) is 13.7. The minimum absolute atomic E-state index is 0.460. The summed E-state index contributed by atoms with van der Waals surface area (Å²) in [4.78, 5) is 23.5. The van der Waals surface area contributed by atoms with Gasteiger partial charge in [-0.25, -0.2) is 9.97 Å². The molecule has 84 heavy (non-hydrogen) atoms.